The fourth-order valence-corrected chi connectivity index (χ4v) is 8.25. The van der Waals surface area contributed by atoms with Crippen molar-refractivity contribution in [1.82, 2.24) is 52.3 Å². The monoisotopic (exact) mass is 1070 g/mol. The van der Waals surface area contributed by atoms with Crippen molar-refractivity contribution in [2.45, 2.75) is 162 Å². The largest absolute Gasteiger partial charge is 0.391 e. The number of nitrogens with two attached hydrogens (primary N) is 2. The zero-order valence-corrected chi connectivity index (χ0v) is 45.5. The first-order valence-corrected chi connectivity index (χ1v) is 26.0. The van der Waals surface area contributed by atoms with E-state index >= 15 is 0 Å². The minimum absolute atomic E-state index is 0.0193. The van der Waals surface area contributed by atoms with E-state index in [1.54, 1.807) is 59.7 Å². The molecule has 1 saturated heterocycles. The number of nitriles is 1. The summed E-state index contributed by atoms with van der Waals surface area (Å²) in [6.07, 6.45) is 0.554. The van der Waals surface area contributed by atoms with Gasteiger partial charge in [-0.15, -0.1) is 0 Å². The highest BCUT2D eigenvalue weighted by atomic mass is 16.3. The quantitative estimate of drug-likeness (QED) is 0.0219. The molecule has 1 heterocycles. The van der Waals surface area contributed by atoms with Crippen LogP contribution in [-0.2, 0) is 54.4 Å². The summed E-state index contributed by atoms with van der Waals surface area (Å²) in [7, 11) is 1.40. The van der Waals surface area contributed by atoms with Crippen molar-refractivity contribution >= 4 is 65.0 Å². The van der Waals surface area contributed by atoms with E-state index in [-0.39, 0.29) is 74.4 Å². The van der Waals surface area contributed by atoms with E-state index in [9.17, 15) is 58.3 Å². The van der Waals surface area contributed by atoms with Gasteiger partial charge in [-0.3, -0.25) is 52.9 Å². The number of aliphatic hydroxyl groups excluding tert-OH is 1. The molecule has 2 rings (SSSR count). The predicted molar refractivity (Wildman–Crippen MR) is 282 cm³/mol. The van der Waals surface area contributed by atoms with E-state index in [1.165, 1.54) is 31.9 Å². The maximum Gasteiger partial charge on any atom is 0.245 e. The Morgan fingerprint density at radius 3 is 2.01 bits per heavy atom. The van der Waals surface area contributed by atoms with Gasteiger partial charge in [-0.1, -0.05) is 59.6 Å². The van der Waals surface area contributed by atoms with E-state index in [2.05, 4.69) is 47.5 Å². The second kappa shape index (κ2) is 32.8. The lowest BCUT2D eigenvalue weighted by molar-refractivity contribution is -0.142. The molecular formula is C51H82N14O11. The Morgan fingerprint density at radius 1 is 0.803 bits per heavy atom. The smallest absolute Gasteiger partial charge is 0.245 e. The van der Waals surface area contributed by atoms with Crippen LogP contribution >= 0.6 is 0 Å². The van der Waals surface area contributed by atoms with Gasteiger partial charge in [0.15, 0.2) is 5.96 Å². The van der Waals surface area contributed by atoms with Crippen LogP contribution in [0.5, 0.6) is 0 Å². The molecule has 25 heteroatoms. The maximum absolute atomic E-state index is 14.2. The molecule has 0 aliphatic carbocycles. The zero-order chi connectivity index (χ0) is 57.2. The van der Waals surface area contributed by atoms with Gasteiger partial charge in [0.25, 0.3) is 0 Å². The van der Waals surface area contributed by atoms with Crippen LogP contribution in [0.4, 0.5) is 0 Å². The van der Waals surface area contributed by atoms with Crippen molar-refractivity contribution in [2.75, 3.05) is 39.8 Å². The van der Waals surface area contributed by atoms with Gasteiger partial charge in [-0.2, -0.15) is 5.26 Å². The van der Waals surface area contributed by atoms with Crippen LogP contribution in [0.3, 0.4) is 0 Å². The lowest BCUT2D eigenvalue weighted by Gasteiger charge is -2.31. The number of guanidine groups is 1. The van der Waals surface area contributed by atoms with Gasteiger partial charge in [0.2, 0.25) is 59.1 Å². The number of amides is 10. The molecule has 1 aliphatic heterocycles. The van der Waals surface area contributed by atoms with Crippen molar-refractivity contribution in [3.05, 3.63) is 35.4 Å². The summed E-state index contributed by atoms with van der Waals surface area (Å²) in [6.45, 7) is 13.0. The number of likely N-dealkylation sites (tertiary alicyclic amines) is 1. The summed E-state index contributed by atoms with van der Waals surface area (Å²) >= 11 is 0. The zero-order valence-electron chi connectivity index (χ0n) is 45.5. The van der Waals surface area contributed by atoms with Crippen LogP contribution in [-0.4, -0.2) is 168 Å². The van der Waals surface area contributed by atoms with Gasteiger partial charge in [0.1, 0.15) is 42.3 Å². The Balaban J connectivity index is 2.37. The van der Waals surface area contributed by atoms with Gasteiger partial charge in [0, 0.05) is 40.0 Å². The predicted octanol–water partition coefficient (Wildman–Crippen LogP) is -1.94. The van der Waals surface area contributed by atoms with E-state index in [4.69, 9.17) is 11.5 Å². The van der Waals surface area contributed by atoms with Crippen LogP contribution in [0.25, 0.3) is 0 Å². The Morgan fingerprint density at radius 2 is 1.42 bits per heavy atom. The average molecular weight is 1070 g/mol. The topological polar surface area (TPSA) is 382 Å². The molecule has 1 aromatic rings. The third kappa shape index (κ3) is 21.8. The maximum atomic E-state index is 14.2. The number of likely N-dealkylation sites (N-methyl/N-ethyl adjacent to an activating group) is 2. The minimum Gasteiger partial charge on any atom is -0.391 e. The Kier molecular flexibility index (Phi) is 28.0. The molecule has 0 saturated carbocycles. The molecule has 0 unspecified atom stereocenters. The van der Waals surface area contributed by atoms with Crippen molar-refractivity contribution in [3.63, 3.8) is 0 Å². The molecule has 13 N–H and O–H groups in total. The van der Waals surface area contributed by atoms with Crippen LogP contribution in [0.2, 0.25) is 0 Å². The van der Waals surface area contributed by atoms with Gasteiger partial charge in [-0.05, 0) is 81.9 Å². The molecule has 9 atom stereocenters. The van der Waals surface area contributed by atoms with E-state index in [0.717, 1.165) is 4.90 Å². The summed E-state index contributed by atoms with van der Waals surface area (Å²) < 4.78 is 0. The van der Waals surface area contributed by atoms with Gasteiger partial charge >= 0.3 is 0 Å². The SMILES string of the molecule is CCC[C@H](NC(=O)[C@@H](NC(=O)[C@@H](CC(C)C)NC(=O)[C@H](Cc1cccc(C#N)c1)NC(=O)CNC(=O)CN(C)C(C)=O)[C@@H](C)O)C(=O)N[C@H](C(=O)N[C@@H](CCCN=C(N)N)C(=O)N1CCC[C@H]1C(=O)NCC)[C@@H](C)CC. The Bertz CT molecular complexity index is 2250. The first-order valence-electron chi connectivity index (χ1n) is 26.0. The van der Waals surface area contributed by atoms with Crippen molar-refractivity contribution in [2.24, 2.45) is 28.3 Å². The summed E-state index contributed by atoms with van der Waals surface area (Å²) in [4.78, 5) is 141. The van der Waals surface area contributed by atoms with E-state index in [1.807, 2.05) is 6.07 Å². The highest BCUT2D eigenvalue weighted by Crippen LogP contribution is 2.21. The van der Waals surface area contributed by atoms with Crippen molar-refractivity contribution < 1.29 is 53.1 Å². The highest BCUT2D eigenvalue weighted by Gasteiger charge is 2.40. The number of nitrogens with one attached hydrogen (secondary N) is 8. The lowest BCUT2D eigenvalue weighted by atomic mass is 9.96. The third-order valence-corrected chi connectivity index (χ3v) is 12.7. The molecule has 0 spiro atoms. The Hall–Kier alpha value is -7.36. The Labute approximate surface area is 445 Å². The van der Waals surface area contributed by atoms with Crippen molar-refractivity contribution in [3.8, 4) is 6.07 Å². The molecule has 10 amide bonds. The summed E-state index contributed by atoms with van der Waals surface area (Å²) in [5.74, 6) is -7.61. The van der Waals surface area contributed by atoms with E-state index < -0.39 is 108 Å². The highest BCUT2D eigenvalue weighted by molar-refractivity contribution is 5.98. The number of carbonyl (C=O) groups is 10. The number of hydrogen-bond acceptors (Lipinski definition) is 13. The van der Waals surface area contributed by atoms with Gasteiger partial charge in [-0.25, -0.2) is 0 Å². The molecule has 76 heavy (non-hydrogen) atoms. The third-order valence-electron chi connectivity index (χ3n) is 12.7. The molecule has 0 aromatic heterocycles. The number of aliphatic imine (C=N–C) groups is 1. The number of nitrogens with zero attached hydrogens (tertiary/aromatic N) is 4. The molecule has 1 fully saturated rings. The number of hydrogen-bond donors (Lipinski definition) is 11. The summed E-state index contributed by atoms with van der Waals surface area (Å²) in [5.41, 5.74) is 11.8. The summed E-state index contributed by atoms with van der Waals surface area (Å²) in [5, 5.41) is 41.4. The van der Waals surface area contributed by atoms with Gasteiger partial charge in [0.05, 0.1) is 30.8 Å². The number of benzene rings is 1. The fraction of sp³-hybridized carbons (Fsp3) is 0.647. The fourth-order valence-electron chi connectivity index (χ4n) is 8.25. The van der Waals surface area contributed by atoms with Gasteiger partial charge < -0.3 is 68.9 Å². The molecule has 25 nitrogen and oxygen atoms in total. The second-order valence-electron chi connectivity index (χ2n) is 19.5. The molecule has 0 radical (unpaired) electrons. The average Bonchev–Trinajstić information content (AvgIpc) is 3.86. The lowest BCUT2D eigenvalue weighted by Crippen LogP contribution is -2.62. The molecule has 1 aromatic carbocycles. The molecule has 422 valence electrons. The number of aliphatic hydroxyl groups is 1. The van der Waals surface area contributed by atoms with Crippen LogP contribution in [0.1, 0.15) is 118 Å². The second-order valence-corrected chi connectivity index (χ2v) is 19.5. The first kappa shape index (κ1) is 64.8. The number of rotatable bonds is 31. The van der Waals surface area contributed by atoms with E-state index in [0.29, 0.717) is 44.3 Å². The summed E-state index contributed by atoms with van der Waals surface area (Å²) in [6, 6.07) is -0.433. The molecular weight excluding hydrogens is 985 g/mol. The van der Waals surface area contributed by atoms with Crippen LogP contribution in [0, 0.1) is 23.2 Å². The number of carbonyl (C=O) groups excluding carboxylic acids is 10. The van der Waals surface area contributed by atoms with Crippen molar-refractivity contribution in [1.29, 1.82) is 5.26 Å². The molecule has 1 aliphatic rings. The first-order chi connectivity index (χ1) is 35.9. The standard InChI is InChI=1S/C51H82N14O11/c1-10-16-35(44(70)62-42(30(6)11-2)48(74)60-36(19-14-21-56-51(53)54)50(76)65-22-15-20-39(65)47(73)55-12-3)59-49(75)43(31(7)66)63-46(72)37(23-29(4)5)61-45(71)38(25-33-17-13-18-34(24-33)26-52)58-40(68)27-57-41(69)28-64(9)32(8)67/h13,17-18,24,29-31,35-39,42-43,66H,10-12,14-16,19-23,25,27-28H2,1-9H3,(H,55,73)(H,57,69)(H,58,68)(H,59,75)(H,60,74)(H,61,71)(H,62,70)(H,63,72)(H4,53,54,56)/t30-,31+,35-,36-,37+,38-,39-,42-,43-/m0/s1. The minimum atomic E-state index is -1.67. The molecule has 0 bridgehead atoms. The van der Waals surface area contributed by atoms with Crippen LogP contribution in [0.15, 0.2) is 29.3 Å². The van der Waals surface area contributed by atoms with Crippen LogP contribution < -0.4 is 54.0 Å². The normalized spacial score (nSPS) is 16.1.